The molecule has 2 aliphatic rings. The smallest absolute Gasteiger partial charge is 0.261 e. The third-order valence-corrected chi connectivity index (χ3v) is 7.01. The number of fused-ring (bicyclic) bond motifs is 1. The SMILES string of the molecule is O=c1cc(OSc2ccccc2)nc2ccc(N3CCN(P)C4(CC4)C3)cn12. The zero-order valence-corrected chi connectivity index (χ0v) is 17.3. The second-order valence-corrected chi connectivity index (χ2v) is 8.80. The van der Waals surface area contributed by atoms with Crippen LogP contribution in [0.25, 0.3) is 5.65 Å². The average molecular weight is 412 g/mol. The van der Waals surface area contributed by atoms with Crippen molar-refractivity contribution >= 4 is 32.8 Å². The number of anilines is 1. The number of piperazine rings is 1. The molecule has 1 saturated heterocycles. The molecule has 144 valence electrons. The lowest BCUT2D eigenvalue weighted by Crippen LogP contribution is -2.51. The quantitative estimate of drug-likeness (QED) is 0.485. The maximum absolute atomic E-state index is 12.6. The average Bonchev–Trinajstić information content (AvgIpc) is 3.49. The summed E-state index contributed by atoms with van der Waals surface area (Å²) in [5.74, 6) is 0.320. The molecule has 1 atom stereocenters. The number of hydrogen-bond donors (Lipinski definition) is 0. The Bertz CT molecular complexity index is 1070. The number of nitrogens with zero attached hydrogens (tertiary/aromatic N) is 4. The summed E-state index contributed by atoms with van der Waals surface area (Å²) in [4.78, 5) is 20.5. The van der Waals surface area contributed by atoms with Gasteiger partial charge in [0, 0.05) is 36.3 Å². The zero-order chi connectivity index (χ0) is 19.1. The van der Waals surface area contributed by atoms with Gasteiger partial charge in [-0.15, -0.1) is 0 Å². The van der Waals surface area contributed by atoms with Gasteiger partial charge in [-0.05, 0) is 37.1 Å². The van der Waals surface area contributed by atoms with E-state index in [1.165, 1.54) is 31.0 Å². The van der Waals surface area contributed by atoms with E-state index in [0.717, 1.165) is 30.2 Å². The third kappa shape index (κ3) is 3.39. The number of benzene rings is 1. The van der Waals surface area contributed by atoms with Gasteiger partial charge in [0.2, 0.25) is 5.88 Å². The van der Waals surface area contributed by atoms with Gasteiger partial charge in [-0.25, -0.2) is 0 Å². The Morgan fingerprint density at radius 1 is 1.11 bits per heavy atom. The normalized spacial score (nSPS) is 18.5. The first-order valence-electron chi connectivity index (χ1n) is 9.33. The Kier molecular flexibility index (Phi) is 4.54. The van der Waals surface area contributed by atoms with Gasteiger partial charge >= 0.3 is 0 Å². The summed E-state index contributed by atoms with van der Waals surface area (Å²) in [5.41, 5.74) is 1.81. The molecule has 1 saturated carbocycles. The van der Waals surface area contributed by atoms with Crippen molar-refractivity contribution in [3.63, 3.8) is 0 Å². The van der Waals surface area contributed by atoms with Crippen LogP contribution in [0.3, 0.4) is 0 Å². The minimum atomic E-state index is -0.138. The zero-order valence-electron chi connectivity index (χ0n) is 15.3. The van der Waals surface area contributed by atoms with Crippen molar-refractivity contribution in [1.29, 1.82) is 0 Å². The first kappa shape index (κ1) is 18.0. The molecule has 0 amide bonds. The van der Waals surface area contributed by atoms with Gasteiger partial charge in [-0.2, -0.15) is 4.98 Å². The monoisotopic (exact) mass is 412 g/mol. The molecule has 2 fully saturated rings. The summed E-state index contributed by atoms with van der Waals surface area (Å²) in [6.07, 6.45) is 4.37. The predicted octanol–water partition coefficient (Wildman–Crippen LogP) is 3.23. The van der Waals surface area contributed by atoms with Gasteiger partial charge in [0.05, 0.1) is 23.8 Å². The lowest BCUT2D eigenvalue weighted by atomic mass is 10.1. The molecule has 0 N–H and O–H groups in total. The van der Waals surface area contributed by atoms with Crippen LogP contribution >= 0.6 is 21.4 Å². The maximum Gasteiger partial charge on any atom is 0.261 e. The molecule has 1 unspecified atom stereocenters. The van der Waals surface area contributed by atoms with Gasteiger partial charge in [0.15, 0.2) is 0 Å². The largest absolute Gasteiger partial charge is 0.400 e. The lowest BCUT2D eigenvalue weighted by molar-refractivity contribution is 0.295. The van der Waals surface area contributed by atoms with Gasteiger partial charge < -0.3 is 9.08 Å². The van der Waals surface area contributed by atoms with Crippen molar-refractivity contribution < 1.29 is 4.18 Å². The minimum Gasteiger partial charge on any atom is -0.400 e. The summed E-state index contributed by atoms with van der Waals surface area (Å²) in [5, 5.41) is 0. The fourth-order valence-corrected chi connectivity index (χ4v) is 4.66. The molecule has 1 spiro atoms. The topological polar surface area (TPSA) is 50.1 Å². The highest BCUT2D eigenvalue weighted by atomic mass is 32.2. The molecule has 0 radical (unpaired) electrons. The van der Waals surface area contributed by atoms with Gasteiger partial charge in [0.25, 0.3) is 5.56 Å². The summed E-state index contributed by atoms with van der Waals surface area (Å²) in [6.45, 7) is 2.96. The van der Waals surface area contributed by atoms with Crippen molar-refractivity contribution in [1.82, 2.24) is 14.1 Å². The van der Waals surface area contributed by atoms with Crippen LogP contribution in [-0.2, 0) is 0 Å². The van der Waals surface area contributed by atoms with Crippen LogP contribution in [0.5, 0.6) is 5.88 Å². The first-order chi connectivity index (χ1) is 13.6. The van der Waals surface area contributed by atoms with Crippen molar-refractivity contribution in [3.8, 4) is 5.88 Å². The predicted molar refractivity (Wildman–Crippen MR) is 115 cm³/mol. The second-order valence-electron chi connectivity index (χ2n) is 7.37. The van der Waals surface area contributed by atoms with Crippen molar-refractivity contribution in [2.24, 2.45) is 0 Å². The van der Waals surface area contributed by atoms with Crippen LogP contribution in [0.4, 0.5) is 5.69 Å². The standard InChI is InChI=1S/C20H21N4O2PS/c25-19-12-18(26-28-16-4-2-1-3-5-16)21-17-7-6-15(13-23(17)19)22-10-11-24(27)20(14-22)8-9-20/h1-7,12-13H,8-11,14,27H2. The third-order valence-electron chi connectivity index (χ3n) is 5.48. The molecule has 1 aliphatic heterocycles. The first-order valence-corrected chi connectivity index (χ1v) is 10.6. The summed E-state index contributed by atoms with van der Waals surface area (Å²) in [7, 11) is 2.87. The molecule has 3 heterocycles. The summed E-state index contributed by atoms with van der Waals surface area (Å²) < 4.78 is 9.64. The van der Waals surface area contributed by atoms with E-state index < -0.39 is 0 Å². The molecular weight excluding hydrogens is 391 g/mol. The summed E-state index contributed by atoms with van der Waals surface area (Å²) >= 11 is 1.20. The van der Waals surface area contributed by atoms with Crippen LogP contribution in [0.1, 0.15) is 12.8 Å². The number of rotatable bonds is 4. The highest BCUT2D eigenvalue weighted by Gasteiger charge is 2.49. The van der Waals surface area contributed by atoms with Crippen LogP contribution in [0, 0.1) is 0 Å². The number of aromatic nitrogens is 2. The second kappa shape index (κ2) is 7.07. The van der Waals surface area contributed by atoms with Gasteiger partial charge in [-0.1, -0.05) is 27.6 Å². The Labute approximate surface area is 170 Å². The summed E-state index contributed by atoms with van der Waals surface area (Å²) in [6, 6.07) is 15.1. The van der Waals surface area contributed by atoms with E-state index in [0.29, 0.717) is 17.1 Å². The van der Waals surface area contributed by atoms with E-state index in [-0.39, 0.29) is 5.56 Å². The van der Waals surface area contributed by atoms with E-state index in [9.17, 15) is 4.79 Å². The van der Waals surface area contributed by atoms with Crippen LogP contribution in [-0.4, -0.2) is 39.2 Å². The van der Waals surface area contributed by atoms with Gasteiger partial charge in [0.1, 0.15) is 5.65 Å². The minimum absolute atomic E-state index is 0.138. The Hall–Kier alpha value is -2.08. The van der Waals surface area contributed by atoms with E-state index in [4.69, 9.17) is 4.18 Å². The van der Waals surface area contributed by atoms with E-state index >= 15 is 0 Å². The van der Waals surface area contributed by atoms with Crippen molar-refractivity contribution in [2.75, 3.05) is 24.5 Å². The molecule has 8 heteroatoms. The molecule has 5 rings (SSSR count). The van der Waals surface area contributed by atoms with E-state index in [1.54, 1.807) is 4.40 Å². The van der Waals surface area contributed by atoms with Crippen molar-refractivity contribution in [3.05, 3.63) is 65.1 Å². The highest BCUT2D eigenvalue weighted by Crippen LogP contribution is 2.46. The molecule has 1 aromatic carbocycles. The van der Waals surface area contributed by atoms with Crippen LogP contribution in [0.15, 0.2) is 64.4 Å². The lowest BCUT2D eigenvalue weighted by Gasteiger charge is -2.41. The Morgan fingerprint density at radius 2 is 1.93 bits per heavy atom. The fraction of sp³-hybridized carbons (Fsp3) is 0.300. The van der Waals surface area contributed by atoms with Crippen molar-refractivity contribution in [2.45, 2.75) is 23.3 Å². The molecule has 0 bridgehead atoms. The van der Waals surface area contributed by atoms with Crippen LogP contribution in [0.2, 0.25) is 0 Å². The maximum atomic E-state index is 12.6. The number of pyridine rings is 1. The fourth-order valence-electron chi connectivity index (χ4n) is 3.67. The van der Waals surface area contributed by atoms with Crippen LogP contribution < -0.4 is 14.6 Å². The Morgan fingerprint density at radius 3 is 2.71 bits per heavy atom. The molecule has 2 aromatic heterocycles. The van der Waals surface area contributed by atoms with E-state index in [1.807, 2.05) is 48.7 Å². The number of hydrogen-bond acceptors (Lipinski definition) is 6. The molecule has 1 aliphatic carbocycles. The highest BCUT2D eigenvalue weighted by molar-refractivity contribution is 7.95. The molecule has 28 heavy (non-hydrogen) atoms. The molecular formula is C20H21N4O2PS. The molecule has 6 nitrogen and oxygen atoms in total. The van der Waals surface area contributed by atoms with E-state index in [2.05, 4.69) is 23.9 Å². The van der Waals surface area contributed by atoms with Gasteiger partial charge in [-0.3, -0.25) is 13.9 Å². The Balaban J connectivity index is 1.38. The molecule has 3 aromatic rings.